The van der Waals surface area contributed by atoms with Gasteiger partial charge in [0.2, 0.25) is 10.0 Å². The number of nitrogens with one attached hydrogen (secondary N) is 1. The number of nitrogens with zero attached hydrogens (tertiary/aromatic N) is 2. The molecule has 1 unspecified atom stereocenters. The number of hydrogen-bond donors (Lipinski definition) is 1. The Hall–Kier alpha value is -1.41. The fraction of sp³-hybridized carbons (Fsp3) is 0.733. The molecule has 1 atom stereocenters. The molecule has 2 fully saturated rings. The lowest BCUT2D eigenvalue weighted by atomic mass is 10.1. The first-order chi connectivity index (χ1) is 11.1. The lowest BCUT2D eigenvalue weighted by molar-refractivity contribution is 0.0624. The third-order valence-corrected chi connectivity index (χ3v) is 5.94. The second kappa shape index (κ2) is 7.00. The highest BCUT2D eigenvalue weighted by Crippen LogP contribution is 2.29. The van der Waals surface area contributed by atoms with E-state index in [1.165, 1.54) is 0 Å². The van der Waals surface area contributed by atoms with Crippen molar-refractivity contribution in [3.63, 3.8) is 0 Å². The molecule has 1 aliphatic carbocycles. The summed E-state index contributed by atoms with van der Waals surface area (Å²) >= 11 is 0. The molecule has 2 aliphatic rings. The molecule has 1 saturated carbocycles. The molecule has 2 heterocycles. The molecule has 23 heavy (non-hydrogen) atoms. The van der Waals surface area contributed by atoms with Gasteiger partial charge in [0.15, 0.2) is 0 Å². The van der Waals surface area contributed by atoms with E-state index in [-0.39, 0.29) is 17.7 Å². The maximum absolute atomic E-state index is 12.4. The highest BCUT2D eigenvalue weighted by Gasteiger charge is 2.27. The zero-order chi connectivity index (χ0) is 16.3. The fourth-order valence-corrected chi connectivity index (χ4v) is 4.77. The van der Waals surface area contributed by atoms with Gasteiger partial charge in [0.1, 0.15) is 5.69 Å². The number of hydrogen-bond acceptors (Lipinski definition) is 5. The Morgan fingerprint density at radius 1 is 1.30 bits per heavy atom. The fourth-order valence-electron chi connectivity index (χ4n) is 3.42. The van der Waals surface area contributed by atoms with Crippen LogP contribution in [0, 0.1) is 5.92 Å². The summed E-state index contributed by atoms with van der Waals surface area (Å²) < 4.78 is 33.6. The van der Waals surface area contributed by atoms with E-state index in [2.05, 4.69) is 9.82 Å². The van der Waals surface area contributed by atoms with Crippen molar-refractivity contribution in [3.05, 3.63) is 18.0 Å². The highest BCUT2D eigenvalue weighted by molar-refractivity contribution is 7.90. The van der Waals surface area contributed by atoms with Crippen molar-refractivity contribution >= 4 is 15.9 Å². The summed E-state index contributed by atoms with van der Waals surface area (Å²) in [4.78, 5) is 12.4. The molecule has 0 radical (unpaired) electrons. The van der Waals surface area contributed by atoms with Gasteiger partial charge in [-0.1, -0.05) is 12.8 Å². The largest absolute Gasteiger partial charge is 0.381 e. The molecular formula is C15H23N3O4S. The predicted octanol–water partition coefficient (Wildman–Crippen LogP) is 1.48. The minimum absolute atomic E-state index is 0.0474. The third kappa shape index (κ3) is 4.11. The van der Waals surface area contributed by atoms with Gasteiger partial charge in [0.05, 0.1) is 18.4 Å². The van der Waals surface area contributed by atoms with Gasteiger partial charge in [-0.25, -0.2) is 13.1 Å². The predicted molar refractivity (Wildman–Crippen MR) is 84.5 cm³/mol. The standard InChI is InChI=1S/C15H23N3O4S/c19-15(14-7-8-16-18(14)13-5-1-2-6-13)17-23(20,21)11-12-4-3-9-22-10-12/h7-8,12-13H,1-6,9-11H2,(H,17,19). The Morgan fingerprint density at radius 2 is 2.09 bits per heavy atom. The van der Waals surface area contributed by atoms with Gasteiger partial charge in [0.25, 0.3) is 5.91 Å². The van der Waals surface area contributed by atoms with Crippen LogP contribution in [0.15, 0.2) is 12.3 Å². The van der Waals surface area contributed by atoms with E-state index in [9.17, 15) is 13.2 Å². The summed E-state index contributed by atoms with van der Waals surface area (Å²) in [7, 11) is -3.67. The number of rotatable bonds is 5. The van der Waals surface area contributed by atoms with Gasteiger partial charge < -0.3 is 4.74 Å². The van der Waals surface area contributed by atoms with Crippen LogP contribution in [-0.4, -0.2) is 43.1 Å². The quantitative estimate of drug-likeness (QED) is 0.876. The number of sulfonamides is 1. The summed E-state index contributed by atoms with van der Waals surface area (Å²) in [5, 5.41) is 4.21. The Bertz CT molecular complexity index is 643. The second-order valence-corrected chi connectivity index (χ2v) is 8.16. The van der Waals surface area contributed by atoms with Crippen LogP contribution in [0.5, 0.6) is 0 Å². The van der Waals surface area contributed by atoms with Crippen LogP contribution in [0.2, 0.25) is 0 Å². The summed E-state index contributed by atoms with van der Waals surface area (Å²) in [6.45, 7) is 1.12. The monoisotopic (exact) mass is 341 g/mol. The zero-order valence-electron chi connectivity index (χ0n) is 13.1. The molecule has 0 spiro atoms. The van der Waals surface area contributed by atoms with Crippen molar-refractivity contribution in [1.29, 1.82) is 0 Å². The van der Waals surface area contributed by atoms with Gasteiger partial charge >= 0.3 is 0 Å². The summed E-state index contributed by atoms with van der Waals surface area (Å²) in [5.74, 6) is -0.712. The lowest BCUT2D eigenvalue weighted by Crippen LogP contribution is -2.37. The van der Waals surface area contributed by atoms with E-state index >= 15 is 0 Å². The zero-order valence-corrected chi connectivity index (χ0v) is 13.9. The van der Waals surface area contributed by atoms with E-state index in [1.54, 1.807) is 16.9 Å². The molecule has 0 aromatic carbocycles. The molecule has 1 amide bonds. The Kier molecular flexibility index (Phi) is 5.01. The Morgan fingerprint density at radius 3 is 2.78 bits per heavy atom. The molecule has 1 saturated heterocycles. The lowest BCUT2D eigenvalue weighted by Gasteiger charge is -2.22. The number of carbonyl (C=O) groups is 1. The average molecular weight is 341 g/mol. The van der Waals surface area contributed by atoms with E-state index < -0.39 is 15.9 Å². The maximum atomic E-state index is 12.4. The van der Waals surface area contributed by atoms with Crippen molar-refractivity contribution in [1.82, 2.24) is 14.5 Å². The molecule has 1 N–H and O–H groups in total. The van der Waals surface area contributed by atoms with Gasteiger partial charge in [-0.15, -0.1) is 0 Å². The summed E-state index contributed by atoms with van der Waals surface area (Å²) in [5.41, 5.74) is 0.320. The smallest absolute Gasteiger partial charge is 0.282 e. The number of aromatic nitrogens is 2. The molecule has 7 nitrogen and oxygen atoms in total. The van der Waals surface area contributed by atoms with Crippen LogP contribution in [0.1, 0.15) is 55.1 Å². The van der Waals surface area contributed by atoms with Gasteiger partial charge in [-0.05, 0) is 37.7 Å². The normalized spacial score (nSPS) is 23.0. The number of amides is 1. The van der Waals surface area contributed by atoms with Crippen LogP contribution in [0.3, 0.4) is 0 Å². The van der Waals surface area contributed by atoms with Crippen LogP contribution < -0.4 is 4.72 Å². The van der Waals surface area contributed by atoms with E-state index in [4.69, 9.17) is 4.74 Å². The number of ether oxygens (including phenoxy) is 1. The molecule has 1 aliphatic heterocycles. The van der Waals surface area contributed by atoms with Crippen LogP contribution in [0.25, 0.3) is 0 Å². The van der Waals surface area contributed by atoms with Crippen LogP contribution in [0.4, 0.5) is 0 Å². The summed E-state index contributed by atoms with van der Waals surface area (Å²) in [6.07, 6.45) is 7.42. The molecule has 3 rings (SSSR count). The minimum Gasteiger partial charge on any atom is -0.381 e. The van der Waals surface area contributed by atoms with Crippen LogP contribution >= 0.6 is 0 Å². The first-order valence-electron chi connectivity index (χ1n) is 8.21. The minimum atomic E-state index is -3.67. The maximum Gasteiger partial charge on any atom is 0.282 e. The first kappa shape index (κ1) is 16.4. The van der Waals surface area contributed by atoms with Crippen molar-refractivity contribution in [2.45, 2.75) is 44.6 Å². The van der Waals surface area contributed by atoms with Crippen molar-refractivity contribution in [3.8, 4) is 0 Å². The van der Waals surface area contributed by atoms with Gasteiger partial charge in [0, 0.05) is 12.8 Å². The Labute approximate surface area is 136 Å². The van der Waals surface area contributed by atoms with E-state index in [0.29, 0.717) is 18.9 Å². The third-order valence-electron chi connectivity index (χ3n) is 4.53. The molecule has 8 heteroatoms. The van der Waals surface area contributed by atoms with E-state index in [1.807, 2.05) is 0 Å². The second-order valence-electron chi connectivity index (χ2n) is 6.40. The first-order valence-corrected chi connectivity index (χ1v) is 9.86. The topological polar surface area (TPSA) is 90.3 Å². The Balaban J connectivity index is 1.65. The highest BCUT2D eigenvalue weighted by atomic mass is 32.2. The molecule has 0 bridgehead atoms. The molecule has 128 valence electrons. The SMILES string of the molecule is O=C(NS(=O)(=O)CC1CCCOC1)c1ccnn1C1CCCC1. The molecule has 1 aromatic rings. The van der Waals surface area contributed by atoms with Crippen molar-refractivity contribution < 1.29 is 17.9 Å². The number of carbonyl (C=O) groups excluding carboxylic acids is 1. The van der Waals surface area contributed by atoms with Crippen molar-refractivity contribution in [2.75, 3.05) is 19.0 Å². The van der Waals surface area contributed by atoms with Crippen molar-refractivity contribution in [2.24, 2.45) is 5.92 Å². The average Bonchev–Trinajstić information content (AvgIpc) is 3.18. The van der Waals surface area contributed by atoms with Crippen LogP contribution in [-0.2, 0) is 14.8 Å². The molecular weight excluding hydrogens is 318 g/mol. The van der Waals surface area contributed by atoms with Gasteiger partial charge in [-0.2, -0.15) is 5.10 Å². The van der Waals surface area contributed by atoms with E-state index in [0.717, 1.165) is 38.5 Å². The molecule has 1 aromatic heterocycles. The van der Waals surface area contributed by atoms with Gasteiger partial charge in [-0.3, -0.25) is 9.48 Å². The summed E-state index contributed by atoms with van der Waals surface area (Å²) in [6, 6.07) is 1.77.